The monoisotopic (exact) mass is 145 g/mol. The van der Waals surface area contributed by atoms with E-state index in [1.54, 1.807) is 7.11 Å². The van der Waals surface area contributed by atoms with Crippen LogP contribution in [-0.4, -0.2) is 40.1 Å². The van der Waals surface area contributed by atoms with Gasteiger partial charge in [-0.1, -0.05) is 0 Å². The number of rotatable bonds is 7. The standard InChI is InChI=1S/C6H15N3O/c1-7-9-4-3-8-5-6-10-2/h8-9H,1,3-6H2,2H3. The Morgan fingerprint density at radius 1 is 1.40 bits per heavy atom. The molecule has 0 aromatic carbocycles. The van der Waals surface area contributed by atoms with Crippen molar-refractivity contribution in [3.63, 3.8) is 0 Å². The van der Waals surface area contributed by atoms with E-state index in [-0.39, 0.29) is 0 Å². The van der Waals surface area contributed by atoms with Crippen molar-refractivity contribution in [2.45, 2.75) is 0 Å². The topological polar surface area (TPSA) is 45.7 Å². The zero-order valence-electron chi connectivity index (χ0n) is 6.39. The van der Waals surface area contributed by atoms with E-state index in [1.165, 1.54) is 0 Å². The number of methoxy groups -OCH3 is 1. The van der Waals surface area contributed by atoms with Crippen molar-refractivity contribution in [2.24, 2.45) is 5.10 Å². The molecule has 0 saturated heterocycles. The van der Waals surface area contributed by atoms with E-state index in [0.29, 0.717) is 0 Å². The molecule has 0 unspecified atom stereocenters. The number of hydrogen-bond donors (Lipinski definition) is 2. The highest BCUT2D eigenvalue weighted by Crippen LogP contribution is 1.63. The molecule has 0 radical (unpaired) electrons. The van der Waals surface area contributed by atoms with Gasteiger partial charge in [-0.05, 0) is 0 Å². The first kappa shape index (κ1) is 9.39. The van der Waals surface area contributed by atoms with E-state index < -0.39 is 0 Å². The van der Waals surface area contributed by atoms with Gasteiger partial charge in [0.2, 0.25) is 0 Å². The molecule has 0 saturated carbocycles. The van der Waals surface area contributed by atoms with Gasteiger partial charge in [-0.3, -0.25) is 0 Å². The first-order valence-electron chi connectivity index (χ1n) is 3.30. The fourth-order valence-corrected chi connectivity index (χ4v) is 0.523. The fraction of sp³-hybridized carbons (Fsp3) is 0.833. The third kappa shape index (κ3) is 7.39. The lowest BCUT2D eigenvalue weighted by atomic mass is 10.6. The van der Waals surface area contributed by atoms with Crippen LogP contribution in [0.25, 0.3) is 0 Å². The SMILES string of the molecule is C=NNCCNCCOC. The summed E-state index contributed by atoms with van der Waals surface area (Å²) in [5.41, 5.74) is 2.74. The molecule has 4 nitrogen and oxygen atoms in total. The highest BCUT2D eigenvalue weighted by Gasteiger charge is 1.83. The van der Waals surface area contributed by atoms with Crippen LogP contribution in [0.3, 0.4) is 0 Å². The quantitative estimate of drug-likeness (QED) is 0.286. The molecule has 2 N–H and O–H groups in total. The molecule has 0 aliphatic heterocycles. The molecule has 60 valence electrons. The summed E-state index contributed by atoms with van der Waals surface area (Å²) in [5.74, 6) is 0. The van der Waals surface area contributed by atoms with E-state index in [0.717, 1.165) is 26.2 Å². The second-order valence-corrected chi connectivity index (χ2v) is 1.81. The molecular formula is C6H15N3O. The van der Waals surface area contributed by atoms with Crippen LogP contribution < -0.4 is 10.7 Å². The van der Waals surface area contributed by atoms with Crippen molar-refractivity contribution >= 4 is 6.72 Å². The Balaban J connectivity index is 2.70. The van der Waals surface area contributed by atoms with Gasteiger partial charge in [0, 0.05) is 33.5 Å². The minimum Gasteiger partial charge on any atom is -0.383 e. The van der Waals surface area contributed by atoms with E-state index in [1.807, 2.05) is 0 Å². The molecule has 0 aliphatic carbocycles. The van der Waals surface area contributed by atoms with Crippen LogP contribution in [0.1, 0.15) is 0 Å². The van der Waals surface area contributed by atoms with E-state index in [2.05, 4.69) is 22.6 Å². The third-order valence-electron chi connectivity index (χ3n) is 1.01. The van der Waals surface area contributed by atoms with E-state index >= 15 is 0 Å². The molecule has 4 heteroatoms. The van der Waals surface area contributed by atoms with Gasteiger partial charge in [-0.2, -0.15) is 5.10 Å². The summed E-state index contributed by atoms with van der Waals surface area (Å²) in [7, 11) is 1.69. The third-order valence-corrected chi connectivity index (χ3v) is 1.01. The Bertz CT molecular complexity index is 77.4. The summed E-state index contributed by atoms with van der Waals surface area (Å²) in [5, 5.41) is 6.63. The van der Waals surface area contributed by atoms with Crippen LogP contribution in [0.4, 0.5) is 0 Å². The number of hydrogen-bond acceptors (Lipinski definition) is 4. The Kier molecular flexibility index (Phi) is 7.88. The van der Waals surface area contributed by atoms with Crippen molar-refractivity contribution in [1.29, 1.82) is 0 Å². The van der Waals surface area contributed by atoms with Crippen molar-refractivity contribution < 1.29 is 4.74 Å². The number of hydrazone groups is 1. The van der Waals surface area contributed by atoms with E-state index in [4.69, 9.17) is 4.74 Å². The second kappa shape index (κ2) is 8.39. The molecule has 0 bridgehead atoms. The summed E-state index contributed by atoms with van der Waals surface area (Å²) < 4.78 is 4.83. The van der Waals surface area contributed by atoms with Crippen LogP contribution in [-0.2, 0) is 4.74 Å². The lowest BCUT2D eigenvalue weighted by Crippen LogP contribution is -2.27. The lowest BCUT2D eigenvalue weighted by molar-refractivity contribution is 0.199. The molecule has 0 aromatic heterocycles. The van der Waals surface area contributed by atoms with E-state index in [9.17, 15) is 0 Å². The maximum atomic E-state index is 4.83. The van der Waals surface area contributed by atoms with Crippen molar-refractivity contribution in [3.05, 3.63) is 0 Å². The smallest absolute Gasteiger partial charge is 0.0587 e. The molecule has 0 rings (SSSR count). The first-order chi connectivity index (χ1) is 4.91. The fourth-order valence-electron chi connectivity index (χ4n) is 0.523. The lowest BCUT2D eigenvalue weighted by Gasteiger charge is -2.02. The average Bonchev–Trinajstić information content (AvgIpc) is 1.97. The molecule has 0 spiro atoms. The molecule has 10 heavy (non-hydrogen) atoms. The first-order valence-corrected chi connectivity index (χ1v) is 3.30. The van der Waals surface area contributed by atoms with Gasteiger partial charge >= 0.3 is 0 Å². The van der Waals surface area contributed by atoms with Gasteiger partial charge in [-0.15, -0.1) is 0 Å². The van der Waals surface area contributed by atoms with Gasteiger partial charge in [0.25, 0.3) is 0 Å². The minimum atomic E-state index is 0.752. The van der Waals surface area contributed by atoms with Gasteiger partial charge in [0.1, 0.15) is 0 Å². The largest absolute Gasteiger partial charge is 0.383 e. The highest BCUT2D eigenvalue weighted by molar-refractivity contribution is 5.22. The van der Waals surface area contributed by atoms with Gasteiger partial charge in [-0.25, -0.2) is 0 Å². The Morgan fingerprint density at radius 3 is 2.80 bits per heavy atom. The Morgan fingerprint density at radius 2 is 2.20 bits per heavy atom. The summed E-state index contributed by atoms with van der Waals surface area (Å²) in [6.07, 6.45) is 0. The molecular weight excluding hydrogens is 130 g/mol. The van der Waals surface area contributed by atoms with Crippen molar-refractivity contribution in [2.75, 3.05) is 33.4 Å². The van der Waals surface area contributed by atoms with Crippen molar-refractivity contribution in [1.82, 2.24) is 10.7 Å². The van der Waals surface area contributed by atoms with Gasteiger partial charge < -0.3 is 15.5 Å². The van der Waals surface area contributed by atoms with Crippen LogP contribution in [0.15, 0.2) is 5.10 Å². The molecule has 0 amide bonds. The maximum absolute atomic E-state index is 4.83. The summed E-state index contributed by atoms with van der Waals surface area (Å²) >= 11 is 0. The number of nitrogens with one attached hydrogen (secondary N) is 2. The zero-order chi connectivity index (χ0) is 7.66. The Hall–Kier alpha value is -0.610. The predicted molar refractivity (Wildman–Crippen MR) is 42.3 cm³/mol. The van der Waals surface area contributed by atoms with Crippen LogP contribution in [0.2, 0.25) is 0 Å². The summed E-state index contributed by atoms with van der Waals surface area (Å²) in [6, 6.07) is 0. The maximum Gasteiger partial charge on any atom is 0.0587 e. The second-order valence-electron chi connectivity index (χ2n) is 1.81. The highest BCUT2D eigenvalue weighted by atomic mass is 16.5. The summed E-state index contributed by atoms with van der Waals surface area (Å²) in [6.45, 7) is 6.62. The molecule has 0 aromatic rings. The minimum absolute atomic E-state index is 0.752. The van der Waals surface area contributed by atoms with Crippen molar-refractivity contribution in [3.8, 4) is 0 Å². The normalized spacial score (nSPS) is 9.30. The van der Waals surface area contributed by atoms with Crippen LogP contribution >= 0.6 is 0 Å². The number of nitrogens with zero attached hydrogens (tertiary/aromatic N) is 1. The molecule has 0 fully saturated rings. The predicted octanol–water partition coefficient (Wildman–Crippen LogP) is -0.572. The van der Waals surface area contributed by atoms with Crippen LogP contribution in [0.5, 0.6) is 0 Å². The molecule has 0 atom stereocenters. The molecule has 0 heterocycles. The summed E-state index contributed by atoms with van der Waals surface area (Å²) in [4.78, 5) is 0. The number of ether oxygens (including phenoxy) is 1. The van der Waals surface area contributed by atoms with Gasteiger partial charge in [0.15, 0.2) is 0 Å². The zero-order valence-corrected chi connectivity index (χ0v) is 6.39. The average molecular weight is 145 g/mol. The van der Waals surface area contributed by atoms with Gasteiger partial charge in [0.05, 0.1) is 6.61 Å². The Labute approximate surface area is 61.6 Å². The molecule has 0 aliphatic rings. The van der Waals surface area contributed by atoms with Crippen LogP contribution in [0, 0.1) is 0 Å².